The average Bonchev–Trinajstić information content (AvgIpc) is 3.21. The molecule has 1 saturated heterocycles. The Hall–Kier alpha value is -2.82. The minimum absolute atomic E-state index is 0.129. The molecule has 1 aromatic carbocycles. The van der Waals surface area contributed by atoms with E-state index in [1.807, 2.05) is 24.9 Å². The van der Waals surface area contributed by atoms with Gasteiger partial charge in [0, 0.05) is 53.1 Å². The van der Waals surface area contributed by atoms with Crippen LogP contribution in [0.5, 0.6) is 0 Å². The number of carbonyl (C=O) groups excluding carboxylic acids is 1. The van der Waals surface area contributed by atoms with Crippen LogP contribution in [0, 0.1) is 13.8 Å². The molecule has 2 bridgehead atoms. The van der Waals surface area contributed by atoms with Crippen LogP contribution in [0.25, 0.3) is 10.9 Å². The number of nitrogens with zero attached hydrogens (tertiary/aromatic N) is 3. The molecule has 2 aromatic heterocycles. The summed E-state index contributed by atoms with van der Waals surface area (Å²) in [4.78, 5) is 19.2. The molecule has 1 amide bonds. The molecule has 30 heavy (non-hydrogen) atoms. The summed E-state index contributed by atoms with van der Waals surface area (Å²) in [5.41, 5.74) is 7.60. The van der Waals surface area contributed by atoms with E-state index in [2.05, 4.69) is 46.8 Å². The number of benzene rings is 1. The van der Waals surface area contributed by atoms with Crippen molar-refractivity contribution in [2.45, 2.75) is 65.1 Å². The van der Waals surface area contributed by atoms with Crippen molar-refractivity contribution in [1.82, 2.24) is 14.5 Å². The lowest BCUT2D eigenvalue weighted by molar-refractivity contribution is 0.0835. The Morgan fingerprint density at radius 2 is 2.07 bits per heavy atom. The Kier molecular flexibility index (Phi) is 4.76. The first-order valence-electron chi connectivity index (χ1n) is 11.0. The molecule has 0 aliphatic carbocycles. The van der Waals surface area contributed by atoms with Crippen molar-refractivity contribution in [3.8, 4) is 0 Å². The zero-order chi connectivity index (χ0) is 20.8. The Morgan fingerprint density at radius 3 is 2.83 bits per heavy atom. The second kappa shape index (κ2) is 7.46. The average molecular weight is 404 g/mol. The number of carbonyl (C=O) groups is 1. The van der Waals surface area contributed by atoms with E-state index in [9.17, 15) is 4.79 Å². The number of ether oxygens (including phenoxy) is 1. The maximum Gasteiger partial charge on any atom is 0.410 e. The highest BCUT2D eigenvalue weighted by molar-refractivity contribution is 5.88. The maximum absolute atomic E-state index is 12.7. The van der Waals surface area contributed by atoms with Crippen LogP contribution in [-0.2, 0) is 24.1 Å². The standard InChI is InChI=1S/C25H29N3O2/c1-4-30-25(29)28-19-8-10-22(28)24-20-13-16(2)5-9-21(20)27(23(24)14-19)12-11-18-7-6-17(3)26-15-18/h5-7,9,13,15,19,22H,4,8,10-12,14H2,1-3H3/t19-,22+/m0/s1. The molecule has 2 atom stereocenters. The second-order valence-electron chi connectivity index (χ2n) is 8.65. The molecule has 5 rings (SSSR count). The highest BCUT2D eigenvalue weighted by Crippen LogP contribution is 2.48. The smallest absolute Gasteiger partial charge is 0.410 e. The van der Waals surface area contributed by atoms with E-state index in [4.69, 9.17) is 4.74 Å². The van der Waals surface area contributed by atoms with Crippen molar-refractivity contribution in [3.05, 3.63) is 64.6 Å². The first-order valence-corrected chi connectivity index (χ1v) is 11.0. The number of aromatic nitrogens is 2. The number of pyridine rings is 1. The minimum atomic E-state index is -0.157. The highest BCUT2D eigenvalue weighted by atomic mass is 16.6. The van der Waals surface area contributed by atoms with Crippen LogP contribution in [0.2, 0.25) is 0 Å². The van der Waals surface area contributed by atoms with Crippen LogP contribution in [0.15, 0.2) is 36.5 Å². The molecule has 0 radical (unpaired) electrons. The molecule has 0 N–H and O–H groups in total. The Bertz CT molecular complexity index is 1100. The fraction of sp³-hybridized carbons (Fsp3) is 0.440. The summed E-state index contributed by atoms with van der Waals surface area (Å²) < 4.78 is 7.91. The van der Waals surface area contributed by atoms with E-state index in [-0.39, 0.29) is 18.2 Å². The molecular formula is C25H29N3O2. The molecule has 3 aromatic rings. The van der Waals surface area contributed by atoms with Crippen LogP contribution in [-0.4, -0.2) is 33.2 Å². The topological polar surface area (TPSA) is 47.4 Å². The van der Waals surface area contributed by atoms with Crippen molar-refractivity contribution in [2.75, 3.05) is 6.61 Å². The van der Waals surface area contributed by atoms with Gasteiger partial charge in [-0.1, -0.05) is 17.7 Å². The molecule has 0 unspecified atom stereocenters. The predicted molar refractivity (Wildman–Crippen MR) is 118 cm³/mol. The summed E-state index contributed by atoms with van der Waals surface area (Å²) >= 11 is 0. The molecule has 2 aliphatic rings. The van der Waals surface area contributed by atoms with Gasteiger partial charge in [-0.3, -0.25) is 9.88 Å². The summed E-state index contributed by atoms with van der Waals surface area (Å²) in [6.07, 6.45) is 5.76. The lowest BCUT2D eigenvalue weighted by Gasteiger charge is -2.35. The van der Waals surface area contributed by atoms with Crippen LogP contribution < -0.4 is 0 Å². The van der Waals surface area contributed by atoms with E-state index in [1.165, 1.54) is 33.3 Å². The summed E-state index contributed by atoms with van der Waals surface area (Å²) in [6, 6.07) is 11.4. The van der Waals surface area contributed by atoms with Gasteiger partial charge in [-0.2, -0.15) is 0 Å². The largest absolute Gasteiger partial charge is 0.450 e. The van der Waals surface area contributed by atoms with Crippen molar-refractivity contribution in [3.63, 3.8) is 0 Å². The Morgan fingerprint density at radius 1 is 1.20 bits per heavy atom. The Balaban J connectivity index is 1.56. The van der Waals surface area contributed by atoms with Gasteiger partial charge >= 0.3 is 6.09 Å². The fourth-order valence-electron chi connectivity index (χ4n) is 5.35. The van der Waals surface area contributed by atoms with Crippen molar-refractivity contribution < 1.29 is 9.53 Å². The monoisotopic (exact) mass is 403 g/mol. The van der Waals surface area contributed by atoms with Crippen LogP contribution in [0.1, 0.15) is 53.9 Å². The molecule has 5 nitrogen and oxygen atoms in total. The fourth-order valence-corrected chi connectivity index (χ4v) is 5.35. The number of hydrogen-bond donors (Lipinski definition) is 0. The van der Waals surface area contributed by atoms with Gasteiger partial charge in [0.1, 0.15) is 0 Å². The SMILES string of the molecule is CCOC(=O)N1[C@H]2CC[C@@H]1c1c(n(CCc3ccc(C)nc3)c3ccc(C)cc13)C2. The van der Waals surface area contributed by atoms with Gasteiger partial charge in [0.25, 0.3) is 0 Å². The van der Waals surface area contributed by atoms with Crippen molar-refractivity contribution >= 4 is 17.0 Å². The lowest BCUT2D eigenvalue weighted by Crippen LogP contribution is -2.42. The second-order valence-corrected chi connectivity index (χ2v) is 8.65. The number of amides is 1. The number of hydrogen-bond acceptors (Lipinski definition) is 3. The molecule has 1 fully saturated rings. The number of aryl methyl sites for hydroxylation is 4. The minimum Gasteiger partial charge on any atom is -0.450 e. The summed E-state index contributed by atoms with van der Waals surface area (Å²) in [5.74, 6) is 0. The molecule has 0 saturated carbocycles. The first kappa shape index (κ1) is 19.2. The van der Waals surface area contributed by atoms with Gasteiger partial charge in [-0.25, -0.2) is 4.79 Å². The van der Waals surface area contributed by atoms with E-state index in [0.717, 1.165) is 37.9 Å². The first-order chi connectivity index (χ1) is 14.6. The summed E-state index contributed by atoms with van der Waals surface area (Å²) in [5, 5.41) is 1.30. The highest BCUT2D eigenvalue weighted by Gasteiger charge is 2.45. The van der Waals surface area contributed by atoms with Crippen LogP contribution >= 0.6 is 0 Å². The van der Waals surface area contributed by atoms with Crippen molar-refractivity contribution in [1.29, 1.82) is 0 Å². The third-order valence-electron chi connectivity index (χ3n) is 6.71. The number of fused-ring (bicyclic) bond motifs is 6. The maximum atomic E-state index is 12.7. The summed E-state index contributed by atoms with van der Waals surface area (Å²) in [6.45, 7) is 7.40. The number of rotatable bonds is 4. The lowest BCUT2D eigenvalue weighted by atomic mass is 9.96. The van der Waals surface area contributed by atoms with E-state index in [1.54, 1.807) is 0 Å². The Labute approximate surface area is 177 Å². The van der Waals surface area contributed by atoms with Crippen LogP contribution in [0.3, 0.4) is 0 Å². The van der Waals surface area contributed by atoms with Crippen LogP contribution in [0.4, 0.5) is 4.79 Å². The molecular weight excluding hydrogens is 374 g/mol. The molecule has 0 spiro atoms. The van der Waals surface area contributed by atoms with E-state index >= 15 is 0 Å². The molecule has 2 aliphatic heterocycles. The van der Waals surface area contributed by atoms with Crippen molar-refractivity contribution in [2.24, 2.45) is 0 Å². The van der Waals surface area contributed by atoms with Gasteiger partial charge in [0.2, 0.25) is 0 Å². The zero-order valence-corrected chi connectivity index (χ0v) is 18.0. The predicted octanol–water partition coefficient (Wildman–Crippen LogP) is 5.11. The third-order valence-corrected chi connectivity index (χ3v) is 6.71. The van der Waals surface area contributed by atoms with Gasteiger partial charge in [0.15, 0.2) is 0 Å². The molecule has 5 heteroatoms. The van der Waals surface area contributed by atoms with Gasteiger partial charge < -0.3 is 9.30 Å². The molecule has 4 heterocycles. The van der Waals surface area contributed by atoms with E-state index in [0.29, 0.717) is 6.61 Å². The van der Waals surface area contributed by atoms with Gasteiger partial charge in [-0.15, -0.1) is 0 Å². The van der Waals surface area contributed by atoms with Gasteiger partial charge in [0.05, 0.1) is 12.6 Å². The van der Waals surface area contributed by atoms with Gasteiger partial charge in [-0.05, 0) is 63.8 Å². The summed E-state index contributed by atoms with van der Waals surface area (Å²) in [7, 11) is 0. The normalized spacial score (nSPS) is 19.9. The van der Waals surface area contributed by atoms with E-state index < -0.39 is 0 Å². The zero-order valence-electron chi connectivity index (χ0n) is 18.0. The molecule has 156 valence electrons. The quantitative estimate of drug-likeness (QED) is 0.608. The third kappa shape index (κ3) is 3.08.